The maximum absolute atomic E-state index is 11.1. The zero-order valence-corrected chi connectivity index (χ0v) is 7.94. The zero-order chi connectivity index (χ0) is 10.5. The van der Waals surface area contributed by atoms with Gasteiger partial charge in [0.15, 0.2) is 0 Å². The van der Waals surface area contributed by atoms with Crippen LogP contribution in [-0.2, 0) is 18.6 Å². The van der Waals surface area contributed by atoms with Crippen LogP contribution in [0, 0.1) is 0 Å². The van der Waals surface area contributed by atoms with Crippen LogP contribution in [0.4, 0.5) is 0 Å². The van der Waals surface area contributed by atoms with Crippen molar-refractivity contribution in [1.29, 1.82) is 0 Å². The van der Waals surface area contributed by atoms with Gasteiger partial charge in [-0.2, -0.15) is 4.67 Å². The Hall–Kier alpha value is -0.460. The summed E-state index contributed by atoms with van der Waals surface area (Å²) in [5.74, 6) is -1.21. The molecule has 0 radical (unpaired) electrons. The van der Waals surface area contributed by atoms with E-state index in [-0.39, 0.29) is 12.6 Å². The highest BCUT2D eigenvalue weighted by atomic mass is 31.2. The summed E-state index contributed by atoms with van der Waals surface area (Å²) in [5, 5.41) is 16.5. The first-order valence-corrected chi connectivity index (χ1v) is 5.14. The van der Waals surface area contributed by atoms with E-state index in [4.69, 9.17) is 16.1 Å². The van der Waals surface area contributed by atoms with E-state index in [0.717, 1.165) is 7.11 Å². The van der Waals surface area contributed by atoms with Crippen molar-refractivity contribution in [3.63, 3.8) is 0 Å². The van der Waals surface area contributed by atoms with Gasteiger partial charge in [-0.3, -0.25) is 9.36 Å². The molecule has 0 aromatic rings. The lowest BCUT2D eigenvalue weighted by molar-refractivity contribution is -0.147. The van der Waals surface area contributed by atoms with E-state index in [1.807, 2.05) is 0 Å². The van der Waals surface area contributed by atoms with E-state index in [1.54, 1.807) is 0 Å². The number of nitrogens with two attached hydrogens (primary N) is 1. The van der Waals surface area contributed by atoms with Crippen molar-refractivity contribution in [2.45, 2.75) is 12.5 Å². The van der Waals surface area contributed by atoms with Crippen LogP contribution in [0.25, 0.3) is 0 Å². The molecule has 0 aliphatic carbocycles. The number of carbonyl (C=O) groups is 1. The van der Waals surface area contributed by atoms with Crippen molar-refractivity contribution < 1.29 is 28.9 Å². The van der Waals surface area contributed by atoms with Crippen molar-refractivity contribution in [3.05, 3.63) is 0 Å². The van der Waals surface area contributed by atoms with Gasteiger partial charge >= 0.3 is 13.6 Å². The predicted molar refractivity (Wildman–Crippen MR) is 43.4 cm³/mol. The summed E-state index contributed by atoms with van der Waals surface area (Å²) in [6.45, 7) is 0. The quantitative estimate of drug-likeness (QED) is 0.325. The van der Waals surface area contributed by atoms with Crippen LogP contribution in [0.3, 0.4) is 0 Å². The van der Waals surface area contributed by atoms with Crippen LogP contribution in [-0.4, -0.2) is 35.6 Å². The molecule has 0 aromatic heterocycles. The van der Waals surface area contributed by atoms with E-state index in [2.05, 4.69) is 9.20 Å². The van der Waals surface area contributed by atoms with Gasteiger partial charge in [0.2, 0.25) is 0 Å². The van der Waals surface area contributed by atoms with Gasteiger partial charge in [0, 0.05) is 7.11 Å². The molecule has 0 spiro atoms. The van der Waals surface area contributed by atoms with Gasteiger partial charge in [-0.1, -0.05) is 0 Å². The Bertz CT molecular complexity index is 211. The minimum atomic E-state index is -3.56. The second-order valence-corrected chi connectivity index (χ2v) is 4.53. The number of carboxylic acids is 1. The topological polar surface area (TPSA) is 119 Å². The first-order chi connectivity index (χ1) is 5.95. The van der Waals surface area contributed by atoms with Crippen molar-refractivity contribution in [1.82, 2.24) is 0 Å². The van der Waals surface area contributed by atoms with Crippen LogP contribution in [0.15, 0.2) is 0 Å². The van der Waals surface area contributed by atoms with Crippen molar-refractivity contribution in [3.8, 4) is 0 Å². The fourth-order valence-electron chi connectivity index (χ4n) is 0.586. The maximum atomic E-state index is 11.1. The summed E-state index contributed by atoms with van der Waals surface area (Å²) in [6.07, 6.45) is -0.339. The number of hydrogen-bond acceptors (Lipinski definition) is 6. The third-order valence-corrected chi connectivity index (χ3v) is 3.04. The van der Waals surface area contributed by atoms with Gasteiger partial charge < -0.3 is 15.4 Å². The fourth-order valence-corrected chi connectivity index (χ4v) is 1.51. The molecule has 0 aliphatic heterocycles. The van der Waals surface area contributed by atoms with E-state index in [0.29, 0.717) is 0 Å². The SMILES string of the molecule is COP(=O)(CC[C@H](N)C(=O)O)OO. The van der Waals surface area contributed by atoms with Crippen LogP contribution in [0.2, 0.25) is 0 Å². The summed E-state index contributed by atoms with van der Waals surface area (Å²) in [7, 11) is -2.48. The molecule has 0 aliphatic rings. The molecule has 0 aromatic carbocycles. The number of aliphatic carboxylic acids is 1. The average molecular weight is 213 g/mol. The molecule has 0 amide bonds. The molecule has 0 heterocycles. The molecule has 7 nitrogen and oxygen atoms in total. The van der Waals surface area contributed by atoms with E-state index >= 15 is 0 Å². The largest absolute Gasteiger partial charge is 0.480 e. The lowest BCUT2D eigenvalue weighted by atomic mass is 10.2. The van der Waals surface area contributed by atoms with Gasteiger partial charge in [0.1, 0.15) is 6.04 Å². The van der Waals surface area contributed by atoms with Gasteiger partial charge in [-0.15, -0.1) is 0 Å². The van der Waals surface area contributed by atoms with E-state index in [9.17, 15) is 9.36 Å². The summed E-state index contributed by atoms with van der Waals surface area (Å²) in [4.78, 5) is 10.2. The third kappa shape index (κ3) is 4.35. The Labute approximate surface area is 74.9 Å². The Kier molecular flexibility index (Phi) is 5.12. The number of carboxylic acid groups (broad SMARTS) is 1. The van der Waals surface area contributed by atoms with Crippen molar-refractivity contribution in [2.24, 2.45) is 5.73 Å². The lowest BCUT2D eigenvalue weighted by Crippen LogP contribution is -2.31. The summed E-state index contributed by atoms with van der Waals surface area (Å²) in [6, 6.07) is -1.14. The molecule has 78 valence electrons. The smallest absolute Gasteiger partial charge is 0.357 e. The normalized spacial score (nSPS) is 17.8. The molecule has 0 saturated carbocycles. The molecule has 2 atom stereocenters. The fraction of sp³-hybridized carbons (Fsp3) is 0.800. The second kappa shape index (κ2) is 5.31. The van der Waals surface area contributed by atoms with Gasteiger partial charge in [0.25, 0.3) is 0 Å². The van der Waals surface area contributed by atoms with Crippen LogP contribution in [0.5, 0.6) is 0 Å². The highest BCUT2D eigenvalue weighted by Crippen LogP contribution is 2.46. The predicted octanol–water partition coefficient (Wildman–Crippen LogP) is 0.118. The van der Waals surface area contributed by atoms with E-state index in [1.165, 1.54) is 0 Å². The third-order valence-electron chi connectivity index (χ3n) is 1.43. The first-order valence-electron chi connectivity index (χ1n) is 3.41. The minimum Gasteiger partial charge on any atom is -0.480 e. The van der Waals surface area contributed by atoms with Gasteiger partial charge in [-0.05, 0) is 6.42 Å². The second-order valence-electron chi connectivity index (χ2n) is 2.33. The lowest BCUT2D eigenvalue weighted by Gasteiger charge is -2.12. The number of rotatable bonds is 6. The summed E-state index contributed by atoms with van der Waals surface area (Å²) < 4.78 is 19.1. The van der Waals surface area contributed by atoms with Gasteiger partial charge in [-0.25, -0.2) is 5.26 Å². The standard InChI is InChI=1S/C5H12NO6P/c1-11-13(10,12-9)3-2-4(6)5(7)8/h4,9H,2-3,6H2,1H3,(H,7,8)/t4-,13?/m0/s1. The molecule has 1 unspecified atom stereocenters. The minimum absolute atomic E-state index is 0.0962. The highest BCUT2D eigenvalue weighted by Gasteiger charge is 2.25. The molecule has 0 rings (SSSR count). The van der Waals surface area contributed by atoms with Crippen molar-refractivity contribution in [2.75, 3.05) is 13.3 Å². The Morgan fingerprint density at radius 3 is 2.54 bits per heavy atom. The van der Waals surface area contributed by atoms with Crippen LogP contribution in [0.1, 0.15) is 6.42 Å². The highest BCUT2D eigenvalue weighted by molar-refractivity contribution is 7.53. The average Bonchev–Trinajstić information content (AvgIpc) is 2.13. The van der Waals surface area contributed by atoms with Crippen molar-refractivity contribution >= 4 is 13.6 Å². The Morgan fingerprint density at radius 2 is 2.23 bits per heavy atom. The molecule has 4 N–H and O–H groups in total. The van der Waals surface area contributed by atoms with Gasteiger partial charge in [0.05, 0.1) is 6.16 Å². The monoisotopic (exact) mass is 213 g/mol. The Morgan fingerprint density at radius 1 is 1.69 bits per heavy atom. The molecule has 0 bridgehead atoms. The molecular weight excluding hydrogens is 201 g/mol. The summed E-state index contributed by atoms with van der Waals surface area (Å²) >= 11 is 0. The molecule has 0 fully saturated rings. The molecular formula is C5H12NO6P. The summed E-state index contributed by atoms with van der Waals surface area (Å²) in [5.41, 5.74) is 5.12. The first kappa shape index (κ1) is 12.5. The van der Waals surface area contributed by atoms with Crippen LogP contribution < -0.4 is 5.73 Å². The Balaban J connectivity index is 4.00. The molecule has 13 heavy (non-hydrogen) atoms. The zero-order valence-electron chi connectivity index (χ0n) is 7.04. The van der Waals surface area contributed by atoms with Crippen LogP contribution >= 0.6 is 7.60 Å². The number of hydrogen-bond donors (Lipinski definition) is 3. The molecule has 0 saturated heterocycles. The molecule has 8 heteroatoms. The van der Waals surface area contributed by atoms with E-state index < -0.39 is 19.6 Å². The maximum Gasteiger partial charge on any atom is 0.357 e.